The molecule has 0 saturated carbocycles. The summed E-state index contributed by atoms with van der Waals surface area (Å²) in [7, 11) is 0. The first-order valence-electron chi connectivity index (χ1n) is 30.4. The molecule has 0 radical (unpaired) electrons. The number of rotatable bonds is 54. The summed E-state index contributed by atoms with van der Waals surface area (Å²) in [6, 6.07) is 0. The molecule has 0 aliphatic heterocycles. The minimum absolute atomic E-state index is 0.0926. The Morgan fingerprint density at radius 1 is 0.288 bits per heavy atom. The second-order valence-electron chi connectivity index (χ2n) is 19.9. The lowest BCUT2D eigenvalue weighted by atomic mass is 10.0. The summed E-state index contributed by atoms with van der Waals surface area (Å²) >= 11 is 0. The third kappa shape index (κ3) is 58.8. The lowest BCUT2D eigenvalue weighted by molar-refractivity contribution is -0.167. The molecule has 416 valence electrons. The Morgan fingerprint density at radius 2 is 0.534 bits per heavy atom. The highest BCUT2D eigenvalue weighted by Crippen LogP contribution is 2.16. The quantitative estimate of drug-likeness (QED) is 0.0261. The van der Waals surface area contributed by atoms with E-state index in [0.717, 1.165) is 109 Å². The zero-order valence-corrected chi connectivity index (χ0v) is 47.6. The third-order valence-corrected chi connectivity index (χ3v) is 12.8. The van der Waals surface area contributed by atoms with E-state index in [2.05, 4.69) is 130 Å². The van der Waals surface area contributed by atoms with E-state index >= 15 is 0 Å². The van der Waals surface area contributed by atoms with Crippen LogP contribution in [0.5, 0.6) is 0 Å². The Hall–Kier alpha value is -3.93. The number of ether oxygens (including phenoxy) is 3. The summed E-state index contributed by atoms with van der Waals surface area (Å²) in [5, 5.41) is 0. The minimum Gasteiger partial charge on any atom is -0.462 e. The Morgan fingerprint density at radius 3 is 0.863 bits per heavy atom. The number of carbonyl (C=O) groups excluding carboxylic acids is 3. The molecule has 6 nitrogen and oxygen atoms in total. The monoisotopic (exact) mass is 1010 g/mol. The molecule has 0 heterocycles. The van der Waals surface area contributed by atoms with Gasteiger partial charge in [-0.25, -0.2) is 0 Å². The Kier molecular flexibility index (Phi) is 57.4. The molecule has 6 heteroatoms. The first-order valence-corrected chi connectivity index (χ1v) is 30.4. The SMILES string of the molecule is CC/C=C\C/C=C\C/C=C\C/C=C\C/C=C\CCCCCCCCCCCCCCCCCCCC(=O)OCC(COC(=O)CCCCCCCCC)OC(=O)CCCC/C=C\C/C=C\C/C=C\C/C=C\CC. The summed E-state index contributed by atoms with van der Waals surface area (Å²) in [4.78, 5) is 37.9. The zero-order chi connectivity index (χ0) is 52.9. The number of hydrogen-bond donors (Lipinski definition) is 0. The molecule has 0 bridgehead atoms. The van der Waals surface area contributed by atoms with E-state index in [9.17, 15) is 14.4 Å². The van der Waals surface area contributed by atoms with Gasteiger partial charge in [-0.05, 0) is 103 Å². The molecule has 0 rings (SSSR count). The minimum atomic E-state index is -0.796. The van der Waals surface area contributed by atoms with Crippen LogP contribution in [0.2, 0.25) is 0 Å². The fraction of sp³-hybridized carbons (Fsp3) is 0.687. The molecule has 1 unspecified atom stereocenters. The van der Waals surface area contributed by atoms with Crippen LogP contribution in [0.1, 0.15) is 278 Å². The average molecular weight is 1010 g/mol. The smallest absolute Gasteiger partial charge is 0.306 e. The summed E-state index contributed by atoms with van der Waals surface area (Å²) in [6.45, 7) is 6.34. The molecule has 0 aromatic rings. The van der Waals surface area contributed by atoms with Crippen LogP contribution in [0.15, 0.2) is 109 Å². The van der Waals surface area contributed by atoms with Gasteiger partial charge in [-0.2, -0.15) is 0 Å². The molecular formula is C67H112O6. The van der Waals surface area contributed by atoms with Gasteiger partial charge in [0.1, 0.15) is 13.2 Å². The molecule has 0 aliphatic carbocycles. The highest BCUT2D eigenvalue weighted by atomic mass is 16.6. The standard InChI is InChI=1S/C67H112O6/c1-4-7-10-13-16-18-20-22-24-25-26-27-28-29-30-31-32-33-34-35-36-37-38-39-40-41-43-44-46-48-51-54-57-60-66(69)72-63-64(62-71-65(68)59-56-53-50-15-12-9-6-3)73-67(70)61-58-55-52-49-47-45-42-23-21-19-17-14-11-8-5-2/h7-8,10-11,16-19,22-24,26-27,29-30,42,47,49,64H,4-6,9,12-15,20-21,25,28,31-41,43-46,48,50-63H2,1-3H3/b10-7-,11-8-,18-16-,19-17-,24-22-,27-26-,30-29-,42-23-,49-47-. The first kappa shape index (κ1) is 69.1. The van der Waals surface area contributed by atoms with Gasteiger partial charge >= 0.3 is 17.9 Å². The fourth-order valence-electron chi connectivity index (χ4n) is 8.28. The number of esters is 3. The maximum absolute atomic E-state index is 12.8. The van der Waals surface area contributed by atoms with E-state index in [1.165, 1.54) is 122 Å². The van der Waals surface area contributed by atoms with Gasteiger partial charge in [0.15, 0.2) is 6.10 Å². The number of carbonyl (C=O) groups is 3. The topological polar surface area (TPSA) is 78.9 Å². The molecule has 0 aliphatic rings. The van der Waals surface area contributed by atoms with Gasteiger partial charge < -0.3 is 14.2 Å². The largest absolute Gasteiger partial charge is 0.462 e. The molecule has 0 fully saturated rings. The van der Waals surface area contributed by atoms with Gasteiger partial charge in [-0.15, -0.1) is 0 Å². The van der Waals surface area contributed by atoms with Crippen molar-refractivity contribution < 1.29 is 28.6 Å². The number of hydrogen-bond acceptors (Lipinski definition) is 6. The molecule has 0 aromatic heterocycles. The lowest BCUT2D eigenvalue weighted by Crippen LogP contribution is -2.30. The van der Waals surface area contributed by atoms with Gasteiger partial charge in [0.05, 0.1) is 0 Å². The van der Waals surface area contributed by atoms with Gasteiger partial charge in [0.2, 0.25) is 0 Å². The molecular weight excluding hydrogens is 901 g/mol. The molecule has 0 N–H and O–H groups in total. The second kappa shape index (κ2) is 60.6. The van der Waals surface area contributed by atoms with E-state index in [4.69, 9.17) is 14.2 Å². The van der Waals surface area contributed by atoms with Crippen LogP contribution in [-0.4, -0.2) is 37.2 Å². The predicted molar refractivity (Wildman–Crippen MR) is 316 cm³/mol. The normalized spacial score (nSPS) is 12.9. The molecule has 0 amide bonds. The van der Waals surface area contributed by atoms with Crippen molar-refractivity contribution in [2.45, 2.75) is 284 Å². The van der Waals surface area contributed by atoms with Crippen molar-refractivity contribution in [3.63, 3.8) is 0 Å². The average Bonchev–Trinajstić information content (AvgIpc) is 3.39. The third-order valence-electron chi connectivity index (χ3n) is 12.8. The molecule has 0 spiro atoms. The first-order chi connectivity index (χ1) is 36.0. The zero-order valence-electron chi connectivity index (χ0n) is 47.6. The van der Waals surface area contributed by atoms with Gasteiger partial charge in [-0.3, -0.25) is 14.4 Å². The second-order valence-corrected chi connectivity index (χ2v) is 19.9. The van der Waals surface area contributed by atoms with Crippen molar-refractivity contribution in [1.82, 2.24) is 0 Å². The molecule has 0 aromatic carbocycles. The fourth-order valence-corrected chi connectivity index (χ4v) is 8.28. The lowest BCUT2D eigenvalue weighted by Gasteiger charge is -2.18. The van der Waals surface area contributed by atoms with Gasteiger partial charge in [0.25, 0.3) is 0 Å². The maximum atomic E-state index is 12.8. The van der Waals surface area contributed by atoms with Crippen LogP contribution in [0.3, 0.4) is 0 Å². The Balaban J connectivity index is 4.05. The maximum Gasteiger partial charge on any atom is 0.306 e. The summed E-state index contributed by atoms with van der Waals surface area (Å²) in [5.41, 5.74) is 0. The van der Waals surface area contributed by atoms with Crippen molar-refractivity contribution in [3.05, 3.63) is 109 Å². The van der Waals surface area contributed by atoms with Crippen LogP contribution < -0.4 is 0 Å². The van der Waals surface area contributed by atoms with Crippen molar-refractivity contribution in [3.8, 4) is 0 Å². The van der Waals surface area contributed by atoms with Crippen molar-refractivity contribution in [2.24, 2.45) is 0 Å². The summed E-state index contributed by atoms with van der Waals surface area (Å²) < 4.78 is 16.7. The van der Waals surface area contributed by atoms with Crippen molar-refractivity contribution >= 4 is 17.9 Å². The number of allylic oxidation sites excluding steroid dienone is 18. The Bertz CT molecular complexity index is 1490. The van der Waals surface area contributed by atoms with E-state index < -0.39 is 6.10 Å². The Labute approximate surface area is 450 Å². The predicted octanol–water partition coefficient (Wildman–Crippen LogP) is 20.7. The van der Waals surface area contributed by atoms with Crippen molar-refractivity contribution in [2.75, 3.05) is 13.2 Å². The van der Waals surface area contributed by atoms with Crippen molar-refractivity contribution in [1.29, 1.82) is 0 Å². The molecule has 0 saturated heterocycles. The number of unbranched alkanes of at least 4 members (excludes halogenated alkanes) is 25. The van der Waals surface area contributed by atoms with Crippen LogP contribution in [-0.2, 0) is 28.6 Å². The van der Waals surface area contributed by atoms with Gasteiger partial charge in [-0.1, -0.05) is 265 Å². The van der Waals surface area contributed by atoms with Crippen LogP contribution in [0, 0.1) is 0 Å². The van der Waals surface area contributed by atoms with E-state index in [-0.39, 0.29) is 37.5 Å². The van der Waals surface area contributed by atoms with Crippen LogP contribution in [0.4, 0.5) is 0 Å². The van der Waals surface area contributed by atoms with Gasteiger partial charge in [0, 0.05) is 19.3 Å². The van der Waals surface area contributed by atoms with E-state index in [0.29, 0.717) is 19.3 Å². The van der Waals surface area contributed by atoms with E-state index in [1.807, 2.05) is 0 Å². The highest BCUT2D eigenvalue weighted by molar-refractivity contribution is 5.71. The van der Waals surface area contributed by atoms with Crippen LogP contribution >= 0.6 is 0 Å². The highest BCUT2D eigenvalue weighted by Gasteiger charge is 2.19. The molecule has 1 atom stereocenters. The summed E-state index contributed by atoms with van der Waals surface area (Å²) in [6.07, 6.45) is 82.8. The van der Waals surface area contributed by atoms with E-state index in [1.54, 1.807) is 0 Å². The van der Waals surface area contributed by atoms with Crippen LogP contribution in [0.25, 0.3) is 0 Å². The summed E-state index contributed by atoms with van der Waals surface area (Å²) in [5.74, 6) is -0.938. The molecule has 73 heavy (non-hydrogen) atoms.